The molecule has 1 aliphatic heterocycles. The van der Waals surface area contributed by atoms with Crippen molar-refractivity contribution in [2.24, 2.45) is 11.7 Å². The molecule has 1 heterocycles. The number of amides is 2. The quantitative estimate of drug-likeness (QED) is 0.634. The molecule has 6 nitrogen and oxygen atoms in total. The third-order valence-corrected chi connectivity index (χ3v) is 5.84. The number of nitrogens with two attached hydrogens (primary N) is 1. The maximum atomic E-state index is 13.1. The summed E-state index contributed by atoms with van der Waals surface area (Å²) in [6.07, 6.45) is 2.18. The molecule has 7 heteroatoms. The van der Waals surface area contributed by atoms with E-state index in [9.17, 15) is 19.1 Å². The van der Waals surface area contributed by atoms with E-state index in [-0.39, 0.29) is 18.1 Å². The molecule has 1 atom stereocenters. The number of anilines is 1. The van der Waals surface area contributed by atoms with Crippen LogP contribution in [0.25, 0.3) is 0 Å². The summed E-state index contributed by atoms with van der Waals surface area (Å²) >= 11 is 0. The van der Waals surface area contributed by atoms with E-state index in [2.05, 4.69) is 4.90 Å². The van der Waals surface area contributed by atoms with Gasteiger partial charge in [-0.25, -0.2) is 9.18 Å². The maximum absolute atomic E-state index is 13.1. The average Bonchev–Trinajstić information content (AvgIpc) is 2.75. The molecule has 0 aromatic heterocycles. The first kappa shape index (κ1) is 22.9. The number of benzene rings is 2. The highest BCUT2D eigenvalue weighted by Crippen LogP contribution is 2.23. The van der Waals surface area contributed by atoms with Crippen LogP contribution in [0.2, 0.25) is 0 Å². The zero-order valence-corrected chi connectivity index (χ0v) is 17.8. The van der Waals surface area contributed by atoms with Crippen LogP contribution in [0.1, 0.15) is 35.7 Å². The van der Waals surface area contributed by atoms with Crippen LogP contribution in [0.4, 0.5) is 14.9 Å². The van der Waals surface area contributed by atoms with Crippen molar-refractivity contribution in [2.75, 3.05) is 31.1 Å². The molecule has 0 aliphatic carbocycles. The Kier molecular flexibility index (Phi) is 7.76. The molecule has 2 aromatic carbocycles. The summed E-state index contributed by atoms with van der Waals surface area (Å²) in [5, 5.41) is 10.6. The second kappa shape index (κ2) is 10.5. The molecule has 2 amide bonds. The van der Waals surface area contributed by atoms with E-state index in [0.717, 1.165) is 37.9 Å². The molecule has 0 saturated carbocycles. The van der Waals surface area contributed by atoms with Gasteiger partial charge in [-0.15, -0.1) is 0 Å². The lowest BCUT2D eigenvalue weighted by atomic mass is 9.90. The number of rotatable bonds is 8. The van der Waals surface area contributed by atoms with Gasteiger partial charge in [0.15, 0.2) is 5.78 Å². The van der Waals surface area contributed by atoms with Crippen LogP contribution in [0.15, 0.2) is 48.5 Å². The number of nitrogens with zero attached hydrogens (tertiary/aromatic N) is 2. The van der Waals surface area contributed by atoms with Crippen LogP contribution >= 0.6 is 0 Å². The second-order valence-electron chi connectivity index (χ2n) is 8.28. The summed E-state index contributed by atoms with van der Waals surface area (Å²) in [6.45, 7) is 3.69. The van der Waals surface area contributed by atoms with E-state index in [4.69, 9.17) is 5.73 Å². The van der Waals surface area contributed by atoms with Gasteiger partial charge in [0.05, 0.1) is 12.6 Å². The van der Waals surface area contributed by atoms with Crippen LogP contribution in [0.5, 0.6) is 0 Å². The predicted molar refractivity (Wildman–Crippen MR) is 119 cm³/mol. The van der Waals surface area contributed by atoms with E-state index in [1.165, 1.54) is 24.0 Å². The molecule has 0 spiro atoms. The molecule has 1 aliphatic rings. The number of aliphatic hydroxyl groups excluding tert-OH is 1. The number of Topliss-reactive ketones (excluding diaryl/α,β-unsaturated/α-hetero) is 1. The minimum Gasteiger partial charge on any atom is -0.390 e. The van der Waals surface area contributed by atoms with Gasteiger partial charge in [-0.1, -0.05) is 24.3 Å². The fourth-order valence-electron chi connectivity index (χ4n) is 4.11. The SMILES string of the molecule is CC(=O)c1cccc(N(CC(O)CN2CCC(Cc3ccc(F)cc3)CC2)C(N)=O)c1. The fourth-order valence-corrected chi connectivity index (χ4v) is 4.11. The first-order chi connectivity index (χ1) is 14.8. The van der Waals surface area contributed by atoms with E-state index in [1.807, 2.05) is 12.1 Å². The number of carbonyl (C=O) groups excluding carboxylic acids is 2. The number of aliphatic hydroxyl groups is 1. The Bertz CT molecular complexity index is 895. The minimum absolute atomic E-state index is 0.0617. The second-order valence-corrected chi connectivity index (χ2v) is 8.28. The molecule has 0 bridgehead atoms. The number of ketones is 1. The lowest BCUT2D eigenvalue weighted by molar-refractivity contribution is 0.0934. The number of hydrogen-bond acceptors (Lipinski definition) is 4. The summed E-state index contributed by atoms with van der Waals surface area (Å²) in [5.41, 5.74) is 7.66. The highest BCUT2D eigenvalue weighted by atomic mass is 19.1. The summed E-state index contributed by atoms with van der Waals surface area (Å²) in [7, 11) is 0. The average molecular weight is 428 g/mol. The highest BCUT2D eigenvalue weighted by molar-refractivity contribution is 5.97. The predicted octanol–water partition coefficient (Wildman–Crippen LogP) is 3.23. The van der Waals surface area contributed by atoms with Crippen LogP contribution in [0.3, 0.4) is 0 Å². The molecule has 1 fully saturated rings. The van der Waals surface area contributed by atoms with Crippen LogP contribution in [0, 0.1) is 11.7 Å². The van der Waals surface area contributed by atoms with Gasteiger partial charge < -0.3 is 15.7 Å². The first-order valence-corrected chi connectivity index (χ1v) is 10.6. The normalized spacial score (nSPS) is 16.1. The maximum Gasteiger partial charge on any atom is 0.319 e. The molecule has 2 aromatic rings. The Labute approximate surface area is 182 Å². The zero-order valence-electron chi connectivity index (χ0n) is 17.8. The Morgan fingerprint density at radius 3 is 2.48 bits per heavy atom. The Balaban J connectivity index is 1.51. The number of β-amino-alcohol motifs (C(OH)–C–C–N with tert-alkyl or cyclic N) is 1. The van der Waals surface area contributed by atoms with E-state index >= 15 is 0 Å². The van der Waals surface area contributed by atoms with Crippen LogP contribution < -0.4 is 10.6 Å². The third kappa shape index (κ3) is 6.60. The lowest BCUT2D eigenvalue weighted by Gasteiger charge is -2.34. The van der Waals surface area contributed by atoms with E-state index < -0.39 is 12.1 Å². The van der Waals surface area contributed by atoms with Crippen molar-refractivity contribution in [3.05, 3.63) is 65.5 Å². The summed E-state index contributed by atoms with van der Waals surface area (Å²) in [4.78, 5) is 27.1. The smallest absolute Gasteiger partial charge is 0.319 e. The summed E-state index contributed by atoms with van der Waals surface area (Å²) in [5.74, 6) is 0.219. The molecular weight excluding hydrogens is 397 g/mol. The first-order valence-electron chi connectivity index (χ1n) is 10.6. The van der Waals surface area contributed by atoms with Crippen molar-refractivity contribution in [3.63, 3.8) is 0 Å². The number of urea groups is 1. The van der Waals surface area contributed by atoms with Gasteiger partial charge in [-0.05, 0) is 75.0 Å². The number of halogens is 1. The van der Waals surface area contributed by atoms with Crippen molar-refractivity contribution in [1.29, 1.82) is 0 Å². The topological polar surface area (TPSA) is 86.9 Å². The monoisotopic (exact) mass is 427 g/mol. The summed E-state index contributed by atoms with van der Waals surface area (Å²) in [6, 6.07) is 12.7. The number of carbonyl (C=O) groups is 2. The standard InChI is InChI=1S/C24H30FN3O3/c1-17(29)20-3-2-4-22(14-20)28(24(26)31)16-23(30)15-27-11-9-19(10-12-27)13-18-5-7-21(25)8-6-18/h2-8,14,19,23,30H,9-13,15-16H2,1H3,(H2,26,31). The van der Waals surface area contributed by atoms with Gasteiger partial charge in [-0.3, -0.25) is 9.69 Å². The Morgan fingerprint density at radius 2 is 1.87 bits per heavy atom. The van der Waals surface area contributed by atoms with E-state index in [1.54, 1.807) is 24.3 Å². The van der Waals surface area contributed by atoms with Crippen molar-refractivity contribution in [3.8, 4) is 0 Å². The Hall–Kier alpha value is -2.77. The van der Waals surface area contributed by atoms with Crippen LogP contribution in [-0.4, -0.2) is 54.1 Å². The van der Waals surface area contributed by atoms with Gasteiger partial charge in [0.2, 0.25) is 0 Å². The van der Waals surface area contributed by atoms with Gasteiger partial charge in [0.1, 0.15) is 5.82 Å². The molecule has 3 N–H and O–H groups in total. The van der Waals surface area contributed by atoms with Crippen LogP contribution in [-0.2, 0) is 6.42 Å². The van der Waals surface area contributed by atoms with Crippen molar-refractivity contribution in [2.45, 2.75) is 32.3 Å². The van der Waals surface area contributed by atoms with Gasteiger partial charge in [-0.2, -0.15) is 0 Å². The number of piperidine rings is 1. The molecule has 3 rings (SSSR count). The molecule has 1 unspecified atom stereocenters. The summed E-state index contributed by atoms with van der Waals surface area (Å²) < 4.78 is 13.1. The third-order valence-electron chi connectivity index (χ3n) is 5.84. The lowest BCUT2D eigenvalue weighted by Crippen LogP contribution is -2.46. The molecular formula is C24H30FN3O3. The van der Waals surface area contributed by atoms with Gasteiger partial charge >= 0.3 is 6.03 Å². The molecule has 166 valence electrons. The number of hydrogen-bond donors (Lipinski definition) is 2. The van der Waals surface area contributed by atoms with Gasteiger partial charge in [0, 0.05) is 17.8 Å². The largest absolute Gasteiger partial charge is 0.390 e. The van der Waals surface area contributed by atoms with Crippen molar-refractivity contribution < 1.29 is 19.1 Å². The molecule has 0 radical (unpaired) electrons. The number of likely N-dealkylation sites (tertiary alicyclic amines) is 1. The van der Waals surface area contributed by atoms with Gasteiger partial charge in [0.25, 0.3) is 0 Å². The van der Waals surface area contributed by atoms with E-state index in [0.29, 0.717) is 23.7 Å². The minimum atomic E-state index is -0.762. The Morgan fingerprint density at radius 1 is 1.19 bits per heavy atom. The van der Waals surface area contributed by atoms with Crippen molar-refractivity contribution in [1.82, 2.24) is 4.90 Å². The highest BCUT2D eigenvalue weighted by Gasteiger charge is 2.24. The number of primary amides is 1. The fraction of sp³-hybridized carbons (Fsp3) is 0.417. The van der Waals surface area contributed by atoms with Crippen molar-refractivity contribution >= 4 is 17.5 Å². The molecule has 1 saturated heterocycles. The molecule has 31 heavy (non-hydrogen) atoms. The zero-order chi connectivity index (χ0) is 22.4.